The Bertz CT molecular complexity index is 992. The highest BCUT2D eigenvalue weighted by molar-refractivity contribution is 7.13. The second-order valence-corrected chi connectivity index (χ2v) is 7.69. The number of hydrogen-bond acceptors (Lipinski definition) is 6. The van der Waals surface area contributed by atoms with Gasteiger partial charge in [0.15, 0.2) is 0 Å². The second-order valence-electron chi connectivity index (χ2n) is 6.48. The van der Waals surface area contributed by atoms with Crippen LogP contribution in [0.2, 0.25) is 0 Å². The molecular formula is C18H19F2N5O2S. The smallest absolute Gasteiger partial charge is 0.263 e. The van der Waals surface area contributed by atoms with Crippen LogP contribution in [0.5, 0.6) is 0 Å². The van der Waals surface area contributed by atoms with Crippen LogP contribution in [-0.2, 0) is 12.1 Å². The van der Waals surface area contributed by atoms with Gasteiger partial charge >= 0.3 is 0 Å². The summed E-state index contributed by atoms with van der Waals surface area (Å²) in [5.41, 5.74) is -1.50. The third kappa shape index (κ3) is 3.92. The van der Waals surface area contributed by atoms with Crippen LogP contribution in [0.3, 0.4) is 0 Å². The Kier molecular flexibility index (Phi) is 5.52. The molecule has 1 amide bonds. The molecule has 2 aromatic heterocycles. The largest absolute Gasteiger partial charge is 0.381 e. The molecule has 1 aromatic carbocycles. The number of aryl methyl sites for hydroxylation is 2. The number of carbonyl (C=O) groups excluding carboxylic acids is 1. The fourth-order valence-corrected chi connectivity index (χ4v) is 3.80. The Hall–Kier alpha value is -2.72. The first-order chi connectivity index (χ1) is 13.2. The van der Waals surface area contributed by atoms with E-state index in [9.17, 15) is 18.7 Å². The van der Waals surface area contributed by atoms with Gasteiger partial charge in [0.1, 0.15) is 34.8 Å². The van der Waals surface area contributed by atoms with Gasteiger partial charge in [0.25, 0.3) is 5.91 Å². The molecule has 0 unspecified atom stereocenters. The predicted molar refractivity (Wildman–Crippen MR) is 98.8 cm³/mol. The maximum atomic E-state index is 14.5. The number of halogens is 2. The number of benzene rings is 1. The average Bonchev–Trinajstić information content (AvgIpc) is 3.23. The van der Waals surface area contributed by atoms with Crippen LogP contribution in [0.4, 0.5) is 8.78 Å². The predicted octanol–water partition coefficient (Wildman–Crippen LogP) is 2.34. The third-order valence-electron chi connectivity index (χ3n) is 4.44. The van der Waals surface area contributed by atoms with Gasteiger partial charge in [0.05, 0.1) is 23.3 Å². The fraction of sp³-hybridized carbons (Fsp3) is 0.333. The van der Waals surface area contributed by atoms with Crippen molar-refractivity contribution in [3.8, 4) is 0 Å². The van der Waals surface area contributed by atoms with E-state index in [1.54, 1.807) is 20.8 Å². The SMILES string of the molecule is Cc1nc(C)c(C(=O)N[C@H](C)[C@](O)(Cn2cncn2)c2ccc(F)cc2F)s1. The Balaban J connectivity index is 1.95. The summed E-state index contributed by atoms with van der Waals surface area (Å²) in [5, 5.41) is 18.8. The highest BCUT2D eigenvalue weighted by Crippen LogP contribution is 2.30. The van der Waals surface area contributed by atoms with E-state index in [2.05, 4.69) is 20.4 Å². The van der Waals surface area contributed by atoms with Crippen molar-refractivity contribution in [1.82, 2.24) is 25.1 Å². The Labute approximate surface area is 164 Å². The van der Waals surface area contributed by atoms with Gasteiger partial charge in [-0.25, -0.2) is 23.4 Å². The maximum Gasteiger partial charge on any atom is 0.263 e. The van der Waals surface area contributed by atoms with Gasteiger partial charge in [0, 0.05) is 11.6 Å². The lowest BCUT2D eigenvalue weighted by atomic mass is 9.86. The van der Waals surface area contributed by atoms with Crippen molar-refractivity contribution in [2.75, 3.05) is 0 Å². The molecule has 2 N–H and O–H groups in total. The van der Waals surface area contributed by atoms with E-state index >= 15 is 0 Å². The van der Waals surface area contributed by atoms with Gasteiger partial charge in [-0.3, -0.25) is 4.79 Å². The first-order valence-electron chi connectivity index (χ1n) is 8.46. The highest BCUT2D eigenvalue weighted by atomic mass is 32.1. The molecule has 3 aromatic rings. The van der Waals surface area contributed by atoms with Crippen LogP contribution >= 0.6 is 11.3 Å². The van der Waals surface area contributed by atoms with Crippen molar-refractivity contribution in [3.05, 3.63) is 63.6 Å². The molecule has 0 saturated heterocycles. The zero-order chi connectivity index (χ0) is 20.5. The lowest BCUT2D eigenvalue weighted by Gasteiger charge is -2.35. The van der Waals surface area contributed by atoms with Crippen LogP contribution in [-0.4, -0.2) is 36.8 Å². The number of hydrogen-bond donors (Lipinski definition) is 2. The van der Waals surface area contributed by atoms with Gasteiger partial charge in [0.2, 0.25) is 0 Å². The van der Waals surface area contributed by atoms with Gasteiger partial charge in [-0.2, -0.15) is 5.10 Å². The molecule has 0 aliphatic rings. The molecule has 2 atom stereocenters. The summed E-state index contributed by atoms with van der Waals surface area (Å²) in [6.45, 7) is 4.84. The van der Waals surface area contributed by atoms with Crippen molar-refractivity contribution in [1.29, 1.82) is 0 Å². The Morgan fingerprint density at radius 2 is 2.14 bits per heavy atom. The summed E-state index contributed by atoms with van der Waals surface area (Å²) in [5.74, 6) is -2.12. The van der Waals surface area contributed by atoms with E-state index < -0.39 is 29.2 Å². The highest BCUT2D eigenvalue weighted by Gasteiger charge is 2.40. The quantitative estimate of drug-likeness (QED) is 0.654. The summed E-state index contributed by atoms with van der Waals surface area (Å²) in [6.07, 6.45) is 2.63. The number of carbonyl (C=O) groups is 1. The Morgan fingerprint density at radius 3 is 2.71 bits per heavy atom. The monoisotopic (exact) mass is 407 g/mol. The molecule has 7 nitrogen and oxygen atoms in total. The van der Waals surface area contributed by atoms with Gasteiger partial charge < -0.3 is 10.4 Å². The van der Waals surface area contributed by atoms with Gasteiger partial charge in [-0.05, 0) is 26.8 Å². The molecule has 0 aliphatic carbocycles. The molecule has 0 fully saturated rings. The summed E-state index contributed by atoms with van der Waals surface area (Å²) < 4.78 is 29.2. The molecule has 28 heavy (non-hydrogen) atoms. The normalized spacial score (nSPS) is 14.5. The summed E-state index contributed by atoms with van der Waals surface area (Å²) in [6, 6.07) is 1.96. The zero-order valence-corrected chi connectivity index (χ0v) is 16.3. The van der Waals surface area contributed by atoms with Crippen LogP contribution in [0.25, 0.3) is 0 Å². The molecular weight excluding hydrogens is 388 g/mol. The first-order valence-corrected chi connectivity index (χ1v) is 9.27. The van der Waals surface area contributed by atoms with E-state index in [0.717, 1.165) is 17.1 Å². The van der Waals surface area contributed by atoms with Crippen LogP contribution in [0.15, 0.2) is 30.9 Å². The third-order valence-corrected chi connectivity index (χ3v) is 5.51. The van der Waals surface area contributed by atoms with Crippen molar-refractivity contribution >= 4 is 17.2 Å². The van der Waals surface area contributed by atoms with Crippen LogP contribution < -0.4 is 5.32 Å². The number of amides is 1. The summed E-state index contributed by atoms with van der Waals surface area (Å²) in [4.78, 5) is 21.1. The van der Waals surface area contributed by atoms with Crippen LogP contribution in [0.1, 0.15) is 32.9 Å². The van der Waals surface area contributed by atoms with E-state index in [1.807, 2.05) is 0 Å². The zero-order valence-electron chi connectivity index (χ0n) is 15.5. The van der Waals surface area contributed by atoms with E-state index in [1.165, 1.54) is 28.7 Å². The van der Waals surface area contributed by atoms with Crippen LogP contribution in [0, 0.1) is 25.5 Å². The molecule has 148 valence electrons. The van der Waals surface area contributed by atoms with Crippen molar-refractivity contribution in [3.63, 3.8) is 0 Å². The average molecular weight is 407 g/mol. The number of nitrogens with one attached hydrogen (secondary N) is 1. The number of thiazole rings is 1. The molecule has 0 bridgehead atoms. The maximum absolute atomic E-state index is 14.5. The summed E-state index contributed by atoms with van der Waals surface area (Å²) >= 11 is 1.23. The van der Waals surface area contributed by atoms with Crippen molar-refractivity contribution < 1.29 is 18.7 Å². The molecule has 0 spiro atoms. The first kappa shape index (κ1) is 20.0. The number of rotatable bonds is 6. The lowest BCUT2D eigenvalue weighted by Crippen LogP contribution is -2.51. The minimum Gasteiger partial charge on any atom is -0.381 e. The molecule has 0 saturated carbocycles. The van der Waals surface area contributed by atoms with E-state index in [0.29, 0.717) is 16.6 Å². The number of aromatic nitrogens is 4. The minimum absolute atomic E-state index is 0.158. The van der Waals surface area contributed by atoms with Crippen molar-refractivity contribution in [2.24, 2.45) is 0 Å². The number of nitrogens with zero attached hydrogens (tertiary/aromatic N) is 4. The fourth-order valence-electron chi connectivity index (χ4n) is 2.98. The van der Waals surface area contributed by atoms with Crippen molar-refractivity contribution in [2.45, 2.75) is 39.0 Å². The second kappa shape index (κ2) is 7.72. The molecule has 3 rings (SSSR count). The van der Waals surface area contributed by atoms with E-state index in [4.69, 9.17) is 0 Å². The topological polar surface area (TPSA) is 92.9 Å². The Morgan fingerprint density at radius 1 is 1.39 bits per heavy atom. The minimum atomic E-state index is -1.91. The van der Waals surface area contributed by atoms with Gasteiger partial charge in [-0.1, -0.05) is 6.07 Å². The molecule has 2 heterocycles. The molecule has 10 heteroatoms. The summed E-state index contributed by atoms with van der Waals surface area (Å²) in [7, 11) is 0. The molecule has 0 radical (unpaired) electrons. The standard InChI is InChI=1S/C18H19F2N5O2S/c1-10-16(28-12(3)23-10)17(26)24-11(2)18(27,7-25-9-21-8-22-25)14-5-4-13(19)6-15(14)20/h4-6,8-9,11,27H,7H2,1-3H3,(H,24,26)/t11-,18-/m1/s1. The molecule has 0 aliphatic heterocycles. The van der Waals surface area contributed by atoms with Gasteiger partial charge in [-0.15, -0.1) is 11.3 Å². The number of aliphatic hydroxyl groups is 1. The van der Waals surface area contributed by atoms with E-state index in [-0.39, 0.29) is 12.1 Å². The lowest BCUT2D eigenvalue weighted by molar-refractivity contribution is -0.0185.